The fraction of sp³-hybridized carbons (Fsp3) is 0.412. The highest BCUT2D eigenvalue weighted by molar-refractivity contribution is 5.89. The van der Waals surface area contributed by atoms with Gasteiger partial charge in [-0.3, -0.25) is 9.48 Å². The Hall–Kier alpha value is -2.10. The molecule has 0 unspecified atom stereocenters. The van der Waals surface area contributed by atoms with E-state index in [1.54, 1.807) is 16.9 Å². The van der Waals surface area contributed by atoms with Crippen LogP contribution in [0.1, 0.15) is 38.3 Å². The number of amides is 1. The molecule has 0 fully saturated rings. The number of aryl methyl sites for hydroxylation is 2. The summed E-state index contributed by atoms with van der Waals surface area (Å²) in [5.74, 6) is 0.596. The number of hydrogen-bond donors (Lipinski definition) is 1. The minimum absolute atomic E-state index is 0.00593. The lowest BCUT2D eigenvalue weighted by atomic mass is 9.86. The quantitative estimate of drug-likeness (QED) is 0.937. The predicted molar refractivity (Wildman–Crippen MR) is 85.3 cm³/mol. The highest BCUT2D eigenvalue weighted by Crippen LogP contribution is 2.22. The zero-order valence-electron chi connectivity index (χ0n) is 13.2. The van der Waals surface area contributed by atoms with Crippen molar-refractivity contribution in [1.29, 1.82) is 0 Å². The first kappa shape index (κ1) is 15.3. The normalized spacial score (nSPS) is 11.4. The van der Waals surface area contributed by atoms with E-state index >= 15 is 0 Å². The Morgan fingerprint density at radius 3 is 2.38 bits per heavy atom. The van der Waals surface area contributed by atoms with Crippen molar-refractivity contribution in [2.75, 3.05) is 5.32 Å². The summed E-state index contributed by atoms with van der Waals surface area (Å²) in [7, 11) is 1.83. The number of aromatic nitrogens is 2. The first-order chi connectivity index (χ1) is 9.84. The van der Waals surface area contributed by atoms with Gasteiger partial charge in [0.2, 0.25) is 5.91 Å². The van der Waals surface area contributed by atoms with Crippen molar-refractivity contribution in [1.82, 2.24) is 9.78 Å². The largest absolute Gasteiger partial charge is 0.309 e. The van der Waals surface area contributed by atoms with Gasteiger partial charge in [0.05, 0.1) is 0 Å². The molecule has 21 heavy (non-hydrogen) atoms. The third kappa shape index (κ3) is 4.45. The lowest BCUT2D eigenvalue weighted by molar-refractivity contribution is -0.116. The van der Waals surface area contributed by atoms with E-state index < -0.39 is 0 Å². The van der Waals surface area contributed by atoms with Gasteiger partial charge in [-0.25, -0.2) is 0 Å². The Labute approximate surface area is 126 Å². The molecule has 4 heteroatoms. The molecule has 0 radical (unpaired) electrons. The Morgan fingerprint density at radius 2 is 1.86 bits per heavy atom. The van der Waals surface area contributed by atoms with Crippen LogP contribution in [0.15, 0.2) is 36.5 Å². The van der Waals surface area contributed by atoms with Crippen LogP contribution in [0.2, 0.25) is 0 Å². The van der Waals surface area contributed by atoms with Crippen LogP contribution in [0.3, 0.4) is 0 Å². The van der Waals surface area contributed by atoms with E-state index in [9.17, 15) is 4.79 Å². The molecule has 1 aromatic heterocycles. The van der Waals surface area contributed by atoms with E-state index in [0.717, 1.165) is 6.42 Å². The van der Waals surface area contributed by atoms with Gasteiger partial charge < -0.3 is 5.32 Å². The number of nitrogens with one attached hydrogen (secondary N) is 1. The Balaban J connectivity index is 1.86. The molecule has 1 heterocycles. The SMILES string of the molecule is Cn1ccc(NC(=O)CCc2ccc(C(C)(C)C)cc2)n1. The second-order valence-corrected chi connectivity index (χ2v) is 6.37. The Kier molecular flexibility index (Phi) is 4.46. The summed E-state index contributed by atoms with van der Waals surface area (Å²) in [5.41, 5.74) is 2.65. The Bertz CT molecular complexity index is 606. The van der Waals surface area contributed by atoms with E-state index in [-0.39, 0.29) is 11.3 Å². The van der Waals surface area contributed by atoms with E-state index in [4.69, 9.17) is 0 Å². The van der Waals surface area contributed by atoms with Crippen LogP contribution in [-0.4, -0.2) is 15.7 Å². The van der Waals surface area contributed by atoms with Crippen molar-refractivity contribution in [2.45, 2.75) is 39.0 Å². The summed E-state index contributed by atoms with van der Waals surface area (Å²) in [4.78, 5) is 11.9. The number of carbonyl (C=O) groups excluding carboxylic acids is 1. The van der Waals surface area contributed by atoms with Crippen LogP contribution in [0.4, 0.5) is 5.82 Å². The van der Waals surface area contributed by atoms with Crippen molar-refractivity contribution < 1.29 is 4.79 Å². The van der Waals surface area contributed by atoms with Crippen molar-refractivity contribution in [3.63, 3.8) is 0 Å². The number of anilines is 1. The molecule has 0 saturated heterocycles. The lowest BCUT2D eigenvalue weighted by Gasteiger charge is -2.19. The average molecular weight is 285 g/mol. The topological polar surface area (TPSA) is 46.9 Å². The molecule has 0 aliphatic rings. The van der Waals surface area contributed by atoms with Crippen molar-refractivity contribution in [2.24, 2.45) is 7.05 Å². The van der Waals surface area contributed by atoms with Crippen molar-refractivity contribution in [3.8, 4) is 0 Å². The minimum Gasteiger partial charge on any atom is -0.309 e. The summed E-state index contributed by atoms with van der Waals surface area (Å²) in [6, 6.07) is 10.3. The standard InChI is InChI=1S/C17H23N3O/c1-17(2,3)14-8-5-13(6-9-14)7-10-16(21)18-15-11-12-20(4)19-15/h5-6,8-9,11-12H,7,10H2,1-4H3,(H,18,19,21). The molecule has 0 bridgehead atoms. The summed E-state index contributed by atoms with van der Waals surface area (Å²) in [6.07, 6.45) is 3.01. The second-order valence-electron chi connectivity index (χ2n) is 6.37. The monoisotopic (exact) mass is 285 g/mol. The molecule has 0 aliphatic heterocycles. The summed E-state index contributed by atoms with van der Waals surface area (Å²) in [5, 5.41) is 6.93. The first-order valence-corrected chi connectivity index (χ1v) is 7.23. The van der Waals surface area contributed by atoms with Crippen LogP contribution < -0.4 is 5.32 Å². The minimum atomic E-state index is -0.00593. The number of hydrogen-bond acceptors (Lipinski definition) is 2. The molecule has 1 amide bonds. The molecule has 0 aliphatic carbocycles. The van der Waals surface area contributed by atoms with Gasteiger partial charge in [-0.15, -0.1) is 0 Å². The zero-order chi connectivity index (χ0) is 15.5. The Morgan fingerprint density at radius 1 is 1.19 bits per heavy atom. The van der Waals surface area contributed by atoms with E-state index in [0.29, 0.717) is 12.2 Å². The average Bonchev–Trinajstić information content (AvgIpc) is 2.81. The molecule has 1 aromatic carbocycles. The molecule has 0 atom stereocenters. The smallest absolute Gasteiger partial charge is 0.225 e. The molecule has 2 aromatic rings. The summed E-state index contributed by atoms with van der Waals surface area (Å²) >= 11 is 0. The third-order valence-electron chi connectivity index (χ3n) is 3.44. The number of rotatable bonds is 4. The summed E-state index contributed by atoms with van der Waals surface area (Å²) < 4.78 is 1.67. The predicted octanol–water partition coefficient (Wildman–Crippen LogP) is 3.29. The van der Waals surface area contributed by atoms with Gasteiger partial charge in [-0.2, -0.15) is 5.10 Å². The van der Waals surface area contributed by atoms with E-state index in [1.165, 1.54) is 11.1 Å². The van der Waals surface area contributed by atoms with Gasteiger partial charge in [0.1, 0.15) is 0 Å². The molecule has 0 spiro atoms. The van der Waals surface area contributed by atoms with E-state index in [1.807, 2.05) is 7.05 Å². The van der Waals surface area contributed by atoms with Crippen LogP contribution >= 0.6 is 0 Å². The van der Waals surface area contributed by atoms with Gasteiger partial charge in [0.25, 0.3) is 0 Å². The first-order valence-electron chi connectivity index (χ1n) is 7.23. The van der Waals surface area contributed by atoms with Crippen LogP contribution in [0.5, 0.6) is 0 Å². The molecule has 112 valence electrons. The van der Waals surface area contributed by atoms with Gasteiger partial charge in [-0.05, 0) is 23.0 Å². The fourth-order valence-corrected chi connectivity index (χ4v) is 2.12. The van der Waals surface area contributed by atoms with Crippen LogP contribution in [0, 0.1) is 0 Å². The molecule has 4 nitrogen and oxygen atoms in total. The number of nitrogens with zero attached hydrogens (tertiary/aromatic N) is 2. The van der Waals surface area contributed by atoms with Crippen molar-refractivity contribution >= 4 is 11.7 Å². The van der Waals surface area contributed by atoms with Gasteiger partial charge in [0.15, 0.2) is 5.82 Å². The molecule has 2 rings (SSSR count). The maximum absolute atomic E-state index is 11.9. The number of benzene rings is 1. The van der Waals surface area contributed by atoms with Gasteiger partial charge >= 0.3 is 0 Å². The second kappa shape index (κ2) is 6.12. The van der Waals surface area contributed by atoms with Crippen molar-refractivity contribution in [3.05, 3.63) is 47.7 Å². The molecule has 1 N–H and O–H groups in total. The zero-order valence-corrected chi connectivity index (χ0v) is 13.2. The maximum atomic E-state index is 11.9. The van der Waals surface area contributed by atoms with Gasteiger partial charge in [-0.1, -0.05) is 45.0 Å². The summed E-state index contributed by atoms with van der Waals surface area (Å²) in [6.45, 7) is 6.59. The molecular formula is C17H23N3O. The highest BCUT2D eigenvalue weighted by Gasteiger charge is 2.13. The van der Waals surface area contributed by atoms with Crippen LogP contribution in [-0.2, 0) is 23.7 Å². The van der Waals surface area contributed by atoms with Gasteiger partial charge in [0, 0.05) is 25.7 Å². The van der Waals surface area contributed by atoms with Crippen LogP contribution in [0.25, 0.3) is 0 Å². The molecular weight excluding hydrogens is 262 g/mol. The highest BCUT2D eigenvalue weighted by atomic mass is 16.1. The third-order valence-corrected chi connectivity index (χ3v) is 3.44. The van der Waals surface area contributed by atoms with E-state index in [2.05, 4.69) is 55.5 Å². The fourth-order valence-electron chi connectivity index (χ4n) is 2.12. The molecule has 0 saturated carbocycles. The number of carbonyl (C=O) groups is 1. The lowest BCUT2D eigenvalue weighted by Crippen LogP contribution is -2.13. The maximum Gasteiger partial charge on any atom is 0.225 e.